The molecule has 1 aromatic heterocycles. The fourth-order valence-corrected chi connectivity index (χ4v) is 2.11. The van der Waals surface area contributed by atoms with E-state index in [1.807, 2.05) is 0 Å². The van der Waals surface area contributed by atoms with Crippen LogP contribution in [0.3, 0.4) is 0 Å². The number of carbonyl (C=O) groups is 1. The van der Waals surface area contributed by atoms with Crippen molar-refractivity contribution >= 4 is 17.6 Å². The largest absolute Gasteiger partial charge is 0.475 e. The van der Waals surface area contributed by atoms with Crippen LogP contribution in [0.15, 0.2) is 16.7 Å². The molecule has 3 rings (SSSR count). The third-order valence-electron chi connectivity index (χ3n) is 2.85. The summed E-state index contributed by atoms with van der Waals surface area (Å²) in [6.45, 7) is 1.89. The smallest absolute Gasteiger partial charge is 0.374 e. The van der Waals surface area contributed by atoms with Gasteiger partial charge in [0, 0.05) is 11.6 Å². The Morgan fingerprint density at radius 3 is 2.89 bits per heavy atom. The molecule has 7 heteroatoms. The molecule has 0 atom stereocenters. The molecule has 0 bridgehead atoms. The zero-order valence-electron chi connectivity index (χ0n) is 9.77. The summed E-state index contributed by atoms with van der Waals surface area (Å²) in [4.78, 5) is 10.8. The molecule has 0 spiro atoms. The lowest BCUT2D eigenvalue weighted by molar-refractivity contribution is 0.0652. The predicted octanol–water partition coefficient (Wildman–Crippen LogP) is 2.73. The highest BCUT2D eigenvalue weighted by Gasteiger charge is 2.24. The fourth-order valence-electron chi connectivity index (χ4n) is 1.86. The Morgan fingerprint density at radius 2 is 2.21 bits per heavy atom. The average molecular weight is 282 g/mol. The van der Waals surface area contributed by atoms with E-state index < -0.39 is 5.97 Å². The predicted molar refractivity (Wildman–Crippen MR) is 64.8 cm³/mol. The number of hydrogen-bond donors (Lipinski definition) is 1. The Hall–Kier alpha value is -2.21. The lowest BCUT2D eigenvalue weighted by atomic mass is 10.0. The van der Waals surface area contributed by atoms with Gasteiger partial charge in [0.2, 0.25) is 12.6 Å². The molecule has 0 saturated heterocycles. The molecule has 0 amide bonds. The number of aromatic nitrogens is 1. The first kappa shape index (κ1) is 11.9. The topological polar surface area (TPSA) is 81.8 Å². The minimum absolute atomic E-state index is 0.108. The molecular formula is C12H8ClNO5. The number of carboxylic acid groups (broad SMARTS) is 1. The second kappa shape index (κ2) is 4.17. The van der Waals surface area contributed by atoms with E-state index in [4.69, 9.17) is 30.7 Å². The second-order valence-electron chi connectivity index (χ2n) is 3.98. The monoisotopic (exact) mass is 281 g/mol. The Kier molecular flexibility index (Phi) is 2.60. The van der Waals surface area contributed by atoms with Crippen LogP contribution in [0.2, 0.25) is 5.02 Å². The van der Waals surface area contributed by atoms with Gasteiger partial charge in [-0.05, 0) is 18.6 Å². The van der Waals surface area contributed by atoms with Gasteiger partial charge in [-0.15, -0.1) is 0 Å². The second-order valence-corrected chi connectivity index (χ2v) is 4.36. The number of carboxylic acids is 1. The first-order chi connectivity index (χ1) is 9.08. The zero-order chi connectivity index (χ0) is 13.6. The highest BCUT2D eigenvalue weighted by molar-refractivity contribution is 6.33. The maximum absolute atomic E-state index is 10.8. The molecule has 0 saturated carbocycles. The molecule has 1 aliphatic rings. The van der Waals surface area contributed by atoms with Gasteiger partial charge < -0.3 is 19.1 Å². The third kappa shape index (κ3) is 1.80. The Bertz CT molecular complexity index is 679. The standard InChI is InChI=1S/C12H8ClNO5/c1-5-6(7-3-9(12(15)16)19-14-7)2-8-11(10(5)13)18-4-17-8/h2-3H,4H2,1H3,(H,15,16). The molecule has 98 valence electrons. The van der Waals surface area contributed by atoms with Gasteiger partial charge in [0.1, 0.15) is 5.69 Å². The van der Waals surface area contributed by atoms with Gasteiger partial charge in [-0.25, -0.2) is 4.79 Å². The summed E-state index contributed by atoms with van der Waals surface area (Å²) in [5, 5.41) is 13.0. The normalized spacial score (nSPS) is 12.7. The van der Waals surface area contributed by atoms with Gasteiger partial charge in [0.25, 0.3) is 0 Å². The van der Waals surface area contributed by atoms with E-state index >= 15 is 0 Å². The van der Waals surface area contributed by atoms with Crippen LogP contribution < -0.4 is 9.47 Å². The van der Waals surface area contributed by atoms with Crippen molar-refractivity contribution in [3.8, 4) is 22.8 Å². The Balaban J connectivity index is 2.14. The lowest BCUT2D eigenvalue weighted by Gasteiger charge is -2.07. The fraction of sp³-hybridized carbons (Fsp3) is 0.167. The van der Waals surface area contributed by atoms with Crippen LogP contribution in [-0.2, 0) is 0 Å². The van der Waals surface area contributed by atoms with Gasteiger partial charge in [-0.1, -0.05) is 16.8 Å². The minimum Gasteiger partial charge on any atom is -0.475 e. The molecule has 6 nitrogen and oxygen atoms in total. The number of halogens is 1. The van der Waals surface area contributed by atoms with E-state index in [9.17, 15) is 4.79 Å². The van der Waals surface area contributed by atoms with Gasteiger partial charge in [0.05, 0.1) is 5.02 Å². The Morgan fingerprint density at radius 1 is 1.42 bits per heavy atom. The van der Waals surface area contributed by atoms with E-state index in [0.29, 0.717) is 27.8 Å². The molecule has 0 fully saturated rings. The number of benzene rings is 1. The first-order valence-electron chi connectivity index (χ1n) is 5.37. The molecule has 2 heterocycles. The van der Waals surface area contributed by atoms with Crippen molar-refractivity contribution in [2.24, 2.45) is 0 Å². The molecule has 1 aliphatic heterocycles. The lowest BCUT2D eigenvalue weighted by Crippen LogP contribution is -1.93. The Labute approximate surface area is 112 Å². The maximum atomic E-state index is 10.8. The van der Waals surface area contributed by atoms with Crippen molar-refractivity contribution in [3.05, 3.63) is 28.5 Å². The highest BCUT2D eigenvalue weighted by atomic mass is 35.5. The molecule has 0 radical (unpaired) electrons. The van der Waals surface area contributed by atoms with Gasteiger partial charge >= 0.3 is 5.97 Å². The van der Waals surface area contributed by atoms with Crippen LogP contribution >= 0.6 is 11.6 Å². The van der Waals surface area contributed by atoms with E-state index in [-0.39, 0.29) is 12.6 Å². The number of ether oxygens (including phenoxy) is 2. The quantitative estimate of drug-likeness (QED) is 0.911. The minimum atomic E-state index is -1.18. The van der Waals surface area contributed by atoms with E-state index in [0.717, 1.165) is 5.56 Å². The van der Waals surface area contributed by atoms with E-state index in [1.165, 1.54) is 6.07 Å². The number of fused-ring (bicyclic) bond motifs is 1. The summed E-state index contributed by atoms with van der Waals surface area (Å²) in [6.07, 6.45) is 0. The highest BCUT2D eigenvalue weighted by Crippen LogP contribution is 2.45. The van der Waals surface area contributed by atoms with E-state index in [2.05, 4.69) is 5.16 Å². The SMILES string of the molecule is Cc1c(-c2cc(C(=O)O)on2)cc2c(c1Cl)OCO2. The van der Waals surface area contributed by atoms with Crippen LogP contribution in [0.4, 0.5) is 0 Å². The van der Waals surface area contributed by atoms with Crippen molar-refractivity contribution in [2.75, 3.05) is 6.79 Å². The molecular weight excluding hydrogens is 274 g/mol. The molecule has 1 aromatic carbocycles. The van der Waals surface area contributed by atoms with Crippen LogP contribution in [0.1, 0.15) is 16.1 Å². The van der Waals surface area contributed by atoms with Crippen molar-refractivity contribution in [2.45, 2.75) is 6.92 Å². The van der Waals surface area contributed by atoms with Crippen molar-refractivity contribution in [1.29, 1.82) is 0 Å². The molecule has 0 unspecified atom stereocenters. The number of aromatic carboxylic acids is 1. The van der Waals surface area contributed by atoms with Crippen LogP contribution in [0.5, 0.6) is 11.5 Å². The molecule has 2 aromatic rings. The van der Waals surface area contributed by atoms with Crippen LogP contribution in [-0.4, -0.2) is 23.0 Å². The summed E-state index contributed by atoms with van der Waals surface area (Å²) < 4.78 is 15.3. The molecule has 0 aliphatic carbocycles. The molecule has 1 N–H and O–H groups in total. The van der Waals surface area contributed by atoms with Gasteiger partial charge in [-0.2, -0.15) is 0 Å². The van der Waals surface area contributed by atoms with Crippen molar-refractivity contribution in [3.63, 3.8) is 0 Å². The summed E-state index contributed by atoms with van der Waals surface area (Å²) >= 11 is 6.18. The number of nitrogens with zero attached hydrogens (tertiary/aromatic N) is 1. The number of rotatable bonds is 2. The van der Waals surface area contributed by atoms with E-state index in [1.54, 1.807) is 13.0 Å². The van der Waals surface area contributed by atoms with Crippen molar-refractivity contribution in [1.82, 2.24) is 5.16 Å². The zero-order valence-corrected chi connectivity index (χ0v) is 10.5. The third-order valence-corrected chi connectivity index (χ3v) is 3.30. The van der Waals surface area contributed by atoms with Crippen LogP contribution in [0.25, 0.3) is 11.3 Å². The maximum Gasteiger partial charge on any atom is 0.374 e. The molecule has 19 heavy (non-hydrogen) atoms. The average Bonchev–Trinajstić information content (AvgIpc) is 3.01. The summed E-state index contributed by atoms with van der Waals surface area (Å²) in [7, 11) is 0. The van der Waals surface area contributed by atoms with Gasteiger partial charge in [0.15, 0.2) is 11.5 Å². The van der Waals surface area contributed by atoms with Crippen molar-refractivity contribution < 1.29 is 23.9 Å². The van der Waals surface area contributed by atoms with Gasteiger partial charge in [-0.3, -0.25) is 0 Å². The van der Waals surface area contributed by atoms with Crippen LogP contribution in [0, 0.1) is 6.92 Å². The number of hydrogen-bond acceptors (Lipinski definition) is 5. The summed E-state index contributed by atoms with van der Waals surface area (Å²) in [6, 6.07) is 3.04. The summed E-state index contributed by atoms with van der Waals surface area (Å²) in [5.41, 5.74) is 1.75. The summed E-state index contributed by atoms with van der Waals surface area (Å²) in [5.74, 6) is -0.415. The first-order valence-corrected chi connectivity index (χ1v) is 5.75.